The van der Waals surface area contributed by atoms with E-state index >= 15 is 0 Å². The van der Waals surface area contributed by atoms with Crippen molar-refractivity contribution < 1.29 is 5.73 Å². The van der Waals surface area contributed by atoms with E-state index in [-0.39, 0.29) is 0 Å². The van der Waals surface area contributed by atoms with Crippen LogP contribution in [0.2, 0.25) is 0 Å². The van der Waals surface area contributed by atoms with Gasteiger partial charge in [0, 0.05) is 12.0 Å². The Labute approximate surface area is 67.2 Å². The summed E-state index contributed by atoms with van der Waals surface area (Å²) in [6, 6.07) is 7.25. The minimum absolute atomic E-state index is 0.547. The maximum absolute atomic E-state index is 4.11. The van der Waals surface area contributed by atoms with Crippen molar-refractivity contribution in [3.8, 4) is 0 Å². The second-order valence-corrected chi connectivity index (χ2v) is 3.44. The molecule has 1 aromatic carbocycles. The molecule has 2 rings (SSSR count). The molecule has 0 spiro atoms. The molecule has 1 aliphatic rings. The minimum Gasteiger partial charge on any atom is -0.351 e. The summed E-state index contributed by atoms with van der Waals surface area (Å²) in [6.07, 6.45) is 2.46. The van der Waals surface area contributed by atoms with Gasteiger partial charge in [-0.1, -0.05) is 23.8 Å². The highest BCUT2D eigenvalue weighted by atomic mass is 14.6. The summed E-state index contributed by atoms with van der Waals surface area (Å²) >= 11 is 0. The van der Waals surface area contributed by atoms with Gasteiger partial charge in [-0.2, -0.15) is 0 Å². The Balaban J connectivity index is 2.50. The fourth-order valence-electron chi connectivity index (χ4n) is 1.83. The Bertz CT molecular complexity index is 278. The SMILES string of the molecule is Cc1ccc2c(c1)CCC2[NH3+]. The van der Waals surface area contributed by atoms with Gasteiger partial charge in [0.2, 0.25) is 0 Å². The van der Waals surface area contributed by atoms with Crippen molar-refractivity contribution in [2.45, 2.75) is 25.8 Å². The van der Waals surface area contributed by atoms with E-state index in [1.165, 1.54) is 29.5 Å². The van der Waals surface area contributed by atoms with E-state index in [9.17, 15) is 0 Å². The predicted molar refractivity (Wildman–Crippen MR) is 45.1 cm³/mol. The first-order chi connectivity index (χ1) is 5.27. The van der Waals surface area contributed by atoms with Crippen LogP contribution in [0.1, 0.15) is 29.2 Å². The summed E-state index contributed by atoms with van der Waals surface area (Å²) in [5, 5.41) is 0. The van der Waals surface area contributed by atoms with Gasteiger partial charge in [0.1, 0.15) is 6.04 Å². The maximum atomic E-state index is 4.11. The molecule has 1 aromatic rings. The average Bonchev–Trinajstić information content (AvgIpc) is 2.32. The molecule has 1 nitrogen and oxygen atoms in total. The zero-order valence-corrected chi connectivity index (χ0v) is 6.93. The molecule has 0 fully saturated rings. The monoisotopic (exact) mass is 148 g/mol. The molecule has 1 unspecified atom stereocenters. The Hall–Kier alpha value is -0.820. The summed E-state index contributed by atoms with van der Waals surface area (Å²) in [5.74, 6) is 0. The number of hydrogen-bond donors (Lipinski definition) is 1. The van der Waals surface area contributed by atoms with Crippen molar-refractivity contribution in [2.24, 2.45) is 0 Å². The van der Waals surface area contributed by atoms with Crippen LogP contribution in [0.5, 0.6) is 0 Å². The second-order valence-electron chi connectivity index (χ2n) is 3.44. The molecular weight excluding hydrogens is 134 g/mol. The Morgan fingerprint density at radius 2 is 2.27 bits per heavy atom. The van der Waals surface area contributed by atoms with Crippen molar-refractivity contribution in [3.63, 3.8) is 0 Å². The van der Waals surface area contributed by atoms with E-state index in [4.69, 9.17) is 0 Å². The van der Waals surface area contributed by atoms with Gasteiger partial charge in [-0.25, -0.2) is 0 Å². The minimum atomic E-state index is 0.547. The van der Waals surface area contributed by atoms with E-state index in [2.05, 4.69) is 30.9 Å². The molecule has 1 atom stereocenters. The fraction of sp³-hybridized carbons (Fsp3) is 0.400. The number of hydrogen-bond acceptors (Lipinski definition) is 0. The van der Waals surface area contributed by atoms with Gasteiger partial charge >= 0.3 is 0 Å². The van der Waals surface area contributed by atoms with E-state index in [0.717, 1.165) is 0 Å². The third-order valence-corrected chi connectivity index (χ3v) is 2.50. The van der Waals surface area contributed by atoms with Crippen molar-refractivity contribution >= 4 is 0 Å². The van der Waals surface area contributed by atoms with Crippen molar-refractivity contribution in [1.82, 2.24) is 0 Å². The van der Waals surface area contributed by atoms with Crippen molar-refractivity contribution in [3.05, 3.63) is 34.9 Å². The average molecular weight is 148 g/mol. The largest absolute Gasteiger partial charge is 0.351 e. The normalized spacial score (nSPS) is 21.8. The molecule has 0 radical (unpaired) electrons. The van der Waals surface area contributed by atoms with Gasteiger partial charge < -0.3 is 5.73 Å². The predicted octanol–water partition coefficient (Wildman–Crippen LogP) is 1.22. The quantitative estimate of drug-likeness (QED) is 0.573. The van der Waals surface area contributed by atoms with Crippen LogP contribution in [0, 0.1) is 6.92 Å². The molecule has 0 heterocycles. The molecule has 0 amide bonds. The molecule has 3 N–H and O–H groups in total. The molecule has 0 saturated heterocycles. The van der Waals surface area contributed by atoms with E-state index < -0.39 is 0 Å². The van der Waals surface area contributed by atoms with Crippen LogP contribution in [0.25, 0.3) is 0 Å². The summed E-state index contributed by atoms with van der Waals surface area (Å²) in [6.45, 7) is 2.15. The first kappa shape index (κ1) is 6.86. The number of rotatable bonds is 0. The van der Waals surface area contributed by atoms with Gasteiger partial charge in [0.15, 0.2) is 0 Å². The molecule has 11 heavy (non-hydrogen) atoms. The Morgan fingerprint density at radius 1 is 1.45 bits per heavy atom. The van der Waals surface area contributed by atoms with Crippen molar-refractivity contribution in [2.75, 3.05) is 0 Å². The smallest absolute Gasteiger partial charge is 0.111 e. The van der Waals surface area contributed by atoms with Gasteiger partial charge in [0.05, 0.1) is 0 Å². The fourth-order valence-corrected chi connectivity index (χ4v) is 1.83. The first-order valence-corrected chi connectivity index (χ1v) is 4.20. The van der Waals surface area contributed by atoms with Crippen LogP contribution < -0.4 is 5.73 Å². The lowest BCUT2D eigenvalue weighted by Crippen LogP contribution is -2.52. The summed E-state index contributed by atoms with van der Waals surface area (Å²) in [5.41, 5.74) is 8.47. The highest BCUT2D eigenvalue weighted by Crippen LogP contribution is 2.28. The summed E-state index contributed by atoms with van der Waals surface area (Å²) in [4.78, 5) is 0. The van der Waals surface area contributed by atoms with E-state index in [0.29, 0.717) is 6.04 Å². The van der Waals surface area contributed by atoms with Gasteiger partial charge in [-0.15, -0.1) is 0 Å². The lowest BCUT2D eigenvalue weighted by atomic mass is 10.1. The molecule has 0 saturated carbocycles. The van der Waals surface area contributed by atoms with Crippen LogP contribution in [0.4, 0.5) is 0 Å². The maximum Gasteiger partial charge on any atom is 0.111 e. The molecule has 1 aliphatic carbocycles. The molecule has 58 valence electrons. The number of quaternary nitrogens is 1. The molecule has 0 aromatic heterocycles. The van der Waals surface area contributed by atoms with Crippen molar-refractivity contribution in [1.29, 1.82) is 0 Å². The van der Waals surface area contributed by atoms with Crippen LogP contribution in [0.15, 0.2) is 18.2 Å². The Morgan fingerprint density at radius 3 is 3.09 bits per heavy atom. The zero-order valence-electron chi connectivity index (χ0n) is 6.93. The summed E-state index contributed by atoms with van der Waals surface area (Å²) < 4.78 is 0. The first-order valence-electron chi connectivity index (χ1n) is 4.20. The van der Waals surface area contributed by atoms with E-state index in [1.54, 1.807) is 0 Å². The standard InChI is InChI=1S/C10H13N/c1-7-2-4-9-8(6-7)3-5-10(9)11/h2,4,6,10H,3,5,11H2,1H3/p+1. The molecule has 0 aliphatic heterocycles. The summed E-state index contributed by atoms with van der Waals surface area (Å²) in [7, 11) is 0. The highest BCUT2D eigenvalue weighted by molar-refractivity contribution is 5.36. The second kappa shape index (κ2) is 2.35. The van der Waals surface area contributed by atoms with Crippen LogP contribution in [-0.4, -0.2) is 0 Å². The molecular formula is C10H14N+. The van der Waals surface area contributed by atoms with Crippen LogP contribution >= 0.6 is 0 Å². The van der Waals surface area contributed by atoms with Crippen LogP contribution in [-0.2, 0) is 6.42 Å². The number of benzene rings is 1. The lowest BCUT2D eigenvalue weighted by molar-refractivity contribution is -0.425. The zero-order chi connectivity index (χ0) is 7.84. The third kappa shape index (κ3) is 1.05. The number of fused-ring (bicyclic) bond motifs is 1. The van der Waals surface area contributed by atoms with Crippen LogP contribution in [0.3, 0.4) is 0 Å². The topological polar surface area (TPSA) is 27.6 Å². The van der Waals surface area contributed by atoms with Gasteiger partial charge in [-0.3, -0.25) is 0 Å². The van der Waals surface area contributed by atoms with E-state index in [1.807, 2.05) is 0 Å². The van der Waals surface area contributed by atoms with Gasteiger partial charge in [-0.05, 0) is 18.9 Å². The Kier molecular flexibility index (Phi) is 1.46. The highest BCUT2D eigenvalue weighted by Gasteiger charge is 2.20. The number of aryl methyl sites for hydroxylation is 2. The van der Waals surface area contributed by atoms with Gasteiger partial charge in [0.25, 0.3) is 0 Å². The molecule has 1 heteroatoms. The molecule has 0 bridgehead atoms. The lowest BCUT2D eigenvalue weighted by Gasteiger charge is -2.01. The third-order valence-electron chi connectivity index (χ3n) is 2.50.